The molecular weight excluding hydrogens is 314 g/mol. The predicted octanol–water partition coefficient (Wildman–Crippen LogP) is 2.41. The summed E-state index contributed by atoms with van der Waals surface area (Å²) in [7, 11) is 3.96. The number of carbonyl (C=O) groups excluding carboxylic acids is 1. The van der Waals surface area contributed by atoms with Gasteiger partial charge in [0.25, 0.3) is 0 Å². The van der Waals surface area contributed by atoms with Crippen molar-refractivity contribution in [3.8, 4) is 0 Å². The summed E-state index contributed by atoms with van der Waals surface area (Å²) in [6.45, 7) is 2.06. The van der Waals surface area contributed by atoms with Crippen LogP contribution in [0.25, 0.3) is 10.9 Å². The van der Waals surface area contributed by atoms with E-state index in [2.05, 4.69) is 17.1 Å². The molecule has 2 heterocycles. The number of para-hydroxylation sites is 1. The highest BCUT2D eigenvalue weighted by Gasteiger charge is 2.31. The van der Waals surface area contributed by atoms with Crippen molar-refractivity contribution >= 4 is 16.8 Å². The standard InChI is InChI=1S/C20H29N3O2/c1-22(2)15-20(25)10-5-12-23(13-11-20)19(24)9-8-16-14-21-18-7-4-3-6-17(16)18/h3-4,6-7,14,21,25H,5,8-13,15H2,1-2H3. The molecule has 1 saturated heterocycles. The molecule has 1 aromatic heterocycles. The van der Waals surface area contributed by atoms with Gasteiger partial charge in [-0.05, 0) is 51.4 Å². The molecule has 0 spiro atoms. The van der Waals surface area contributed by atoms with Gasteiger partial charge in [-0.25, -0.2) is 0 Å². The van der Waals surface area contributed by atoms with Crippen LogP contribution in [0.3, 0.4) is 0 Å². The molecule has 0 bridgehead atoms. The van der Waals surface area contributed by atoms with Gasteiger partial charge in [-0.3, -0.25) is 4.79 Å². The molecule has 0 aliphatic carbocycles. The van der Waals surface area contributed by atoms with Gasteiger partial charge in [0, 0.05) is 43.2 Å². The van der Waals surface area contributed by atoms with Crippen LogP contribution in [0.2, 0.25) is 0 Å². The third-order valence-electron chi connectivity index (χ3n) is 5.16. The van der Waals surface area contributed by atoms with Gasteiger partial charge >= 0.3 is 0 Å². The molecule has 5 nitrogen and oxygen atoms in total. The molecular formula is C20H29N3O2. The normalized spacial score (nSPS) is 21.7. The number of nitrogens with zero attached hydrogens (tertiary/aromatic N) is 2. The van der Waals surface area contributed by atoms with Gasteiger partial charge in [0.05, 0.1) is 5.60 Å². The fraction of sp³-hybridized carbons (Fsp3) is 0.550. The number of carbonyl (C=O) groups is 1. The molecule has 1 aliphatic heterocycles. The Labute approximate surface area is 149 Å². The predicted molar refractivity (Wildman–Crippen MR) is 101 cm³/mol. The topological polar surface area (TPSA) is 59.6 Å². The molecule has 1 amide bonds. The first-order valence-electron chi connectivity index (χ1n) is 9.17. The van der Waals surface area contributed by atoms with E-state index in [4.69, 9.17) is 0 Å². The summed E-state index contributed by atoms with van der Waals surface area (Å²) < 4.78 is 0. The van der Waals surface area contributed by atoms with Crippen LogP contribution in [0.5, 0.6) is 0 Å². The first kappa shape index (κ1) is 18.0. The number of aromatic nitrogens is 1. The zero-order chi connectivity index (χ0) is 17.9. The van der Waals surface area contributed by atoms with E-state index in [9.17, 15) is 9.90 Å². The highest BCUT2D eigenvalue weighted by molar-refractivity contribution is 5.84. The number of aryl methyl sites for hydroxylation is 1. The summed E-state index contributed by atoms with van der Waals surface area (Å²) >= 11 is 0. The molecule has 1 fully saturated rings. The van der Waals surface area contributed by atoms with Crippen molar-refractivity contribution in [2.45, 2.75) is 37.7 Å². The van der Waals surface area contributed by atoms with E-state index >= 15 is 0 Å². The average Bonchev–Trinajstić information content (AvgIpc) is 2.88. The van der Waals surface area contributed by atoms with Crippen molar-refractivity contribution < 1.29 is 9.90 Å². The molecule has 1 aromatic carbocycles. The molecule has 0 radical (unpaired) electrons. The van der Waals surface area contributed by atoms with Crippen LogP contribution in [-0.4, -0.2) is 65.1 Å². The van der Waals surface area contributed by atoms with Gasteiger partial charge in [-0.2, -0.15) is 0 Å². The highest BCUT2D eigenvalue weighted by atomic mass is 16.3. The van der Waals surface area contributed by atoms with Gasteiger partial charge in [-0.1, -0.05) is 18.2 Å². The summed E-state index contributed by atoms with van der Waals surface area (Å²) in [6.07, 6.45) is 5.57. The molecule has 2 N–H and O–H groups in total. The number of aromatic amines is 1. The number of hydrogen-bond donors (Lipinski definition) is 2. The number of hydrogen-bond acceptors (Lipinski definition) is 3. The lowest BCUT2D eigenvalue weighted by Gasteiger charge is -2.30. The molecule has 136 valence electrons. The first-order chi connectivity index (χ1) is 12.0. The second-order valence-electron chi connectivity index (χ2n) is 7.56. The van der Waals surface area contributed by atoms with E-state index < -0.39 is 5.60 Å². The second kappa shape index (κ2) is 7.58. The maximum atomic E-state index is 12.6. The molecule has 1 aliphatic rings. The molecule has 25 heavy (non-hydrogen) atoms. The van der Waals surface area contributed by atoms with E-state index in [1.165, 1.54) is 10.9 Å². The maximum absolute atomic E-state index is 12.6. The lowest BCUT2D eigenvalue weighted by Crippen LogP contribution is -2.41. The first-order valence-corrected chi connectivity index (χ1v) is 9.17. The molecule has 0 saturated carbocycles. The Hall–Kier alpha value is -1.85. The van der Waals surface area contributed by atoms with Crippen molar-refractivity contribution in [1.82, 2.24) is 14.8 Å². The summed E-state index contributed by atoms with van der Waals surface area (Å²) in [5.41, 5.74) is 1.64. The number of benzene rings is 1. The number of likely N-dealkylation sites (tertiary alicyclic amines) is 1. The van der Waals surface area contributed by atoms with Crippen LogP contribution >= 0.6 is 0 Å². The fourth-order valence-electron chi connectivity index (χ4n) is 3.91. The minimum absolute atomic E-state index is 0.194. The minimum atomic E-state index is -0.671. The second-order valence-corrected chi connectivity index (χ2v) is 7.56. The Bertz CT molecular complexity index is 725. The quantitative estimate of drug-likeness (QED) is 0.876. The Balaban J connectivity index is 1.56. The Morgan fingerprint density at radius 1 is 1.28 bits per heavy atom. The van der Waals surface area contributed by atoms with E-state index in [0.717, 1.165) is 31.3 Å². The van der Waals surface area contributed by atoms with Crippen LogP contribution in [0, 0.1) is 0 Å². The van der Waals surface area contributed by atoms with Gasteiger partial charge in [0.15, 0.2) is 0 Å². The third kappa shape index (κ3) is 4.41. The van der Waals surface area contributed by atoms with Crippen molar-refractivity contribution in [2.24, 2.45) is 0 Å². The van der Waals surface area contributed by atoms with Gasteiger partial charge in [0.1, 0.15) is 0 Å². The fourth-order valence-corrected chi connectivity index (χ4v) is 3.91. The molecule has 5 heteroatoms. The van der Waals surface area contributed by atoms with Crippen molar-refractivity contribution in [3.63, 3.8) is 0 Å². The average molecular weight is 343 g/mol. The summed E-state index contributed by atoms with van der Waals surface area (Å²) in [4.78, 5) is 19.9. The highest BCUT2D eigenvalue weighted by Crippen LogP contribution is 2.24. The van der Waals surface area contributed by atoms with Crippen molar-refractivity contribution in [1.29, 1.82) is 0 Å². The van der Waals surface area contributed by atoms with Crippen LogP contribution in [0.1, 0.15) is 31.2 Å². The van der Waals surface area contributed by atoms with Crippen molar-refractivity contribution in [3.05, 3.63) is 36.0 Å². The number of aliphatic hydroxyl groups is 1. The number of nitrogens with one attached hydrogen (secondary N) is 1. The van der Waals surface area contributed by atoms with Gasteiger partial charge in [-0.15, -0.1) is 0 Å². The number of rotatable bonds is 5. The number of H-pyrrole nitrogens is 1. The summed E-state index contributed by atoms with van der Waals surface area (Å²) in [5.74, 6) is 0.194. The number of likely N-dealkylation sites (N-methyl/N-ethyl adjacent to an activating group) is 1. The van der Waals surface area contributed by atoms with Crippen molar-refractivity contribution in [2.75, 3.05) is 33.7 Å². The van der Waals surface area contributed by atoms with E-state index in [1.54, 1.807) is 0 Å². The zero-order valence-electron chi connectivity index (χ0n) is 15.3. The lowest BCUT2D eigenvalue weighted by molar-refractivity contribution is -0.131. The monoisotopic (exact) mass is 343 g/mol. The SMILES string of the molecule is CN(C)CC1(O)CCCN(C(=O)CCc2c[nH]c3ccccc23)CC1. The van der Waals surface area contributed by atoms with Gasteiger partial charge in [0.2, 0.25) is 5.91 Å². The van der Waals surface area contributed by atoms with Crippen LogP contribution < -0.4 is 0 Å². The maximum Gasteiger partial charge on any atom is 0.222 e. The number of amides is 1. The number of fused-ring (bicyclic) bond motifs is 1. The third-order valence-corrected chi connectivity index (χ3v) is 5.16. The van der Waals surface area contributed by atoms with E-state index in [0.29, 0.717) is 25.9 Å². The van der Waals surface area contributed by atoms with Crippen LogP contribution in [0.15, 0.2) is 30.5 Å². The Kier molecular flexibility index (Phi) is 5.45. The van der Waals surface area contributed by atoms with Gasteiger partial charge < -0.3 is 19.9 Å². The summed E-state index contributed by atoms with van der Waals surface area (Å²) in [6, 6.07) is 8.20. The lowest BCUT2D eigenvalue weighted by atomic mass is 9.94. The Morgan fingerprint density at radius 2 is 2.08 bits per heavy atom. The largest absolute Gasteiger partial charge is 0.388 e. The molecule has 1 unspecified atom stereocenters. The zero-order valence-corrected chi connectivity index (χ0v) is 15.3. The minimum Gasteiger partial charge on any atom is -0.388 e. The Morgan fingerprint density at radius 3 is 2.88 bits per heavy atom. The van der Waals surface area contributed by atoms with Crippen LogP contribution in [-0.2, 0) is 11.2 Å². The van der Waals surface area contributed by atoms with E-state index in [-0.39, 0.29) is 5.91 Å². The summed E-state index contributed by atoms with van der Waals surface area (Å²) in [5, 5.41) is 11.9. The molecule has 1 atom stereocenters. The van der Waals surface area contributed by atoms with E-state index in [1.807, 2.05) is 42.2 Å². The molecule has 2 aromatic rings. The van der Waals surface area contributed by atoms with Crippen LogP contribution in [0.4, 0.5) is 0 Å². The smallest absolute Gasteiger partial charge is 0.222 e. The molecule has 3 rings (SSSR count).